The first-order chi connectivity index (χ1) is 10.4. The molecule has 0 bridgehead atoms. The zero-order valence-electron chi connectivity index (χ0n) is 11.8. The molecule has 0 amide bonds. The van der Waals surface area contributed by atoms with Crippen LogP contribution in [0.5, 0.6) is 0 Å². The summed E-state index contributed by atoms with van der Waals surface area (Å²) in [6.07, 6.45) is 2.38. The Labute approximate surface area is 128 Å². The van der Waals surface area contributed by atoms with Gasteiger partial charge in [0, 0.05) is 23.9 Å². The van der Waals surface area contributed by atoms with Crippen LogP contribution in [0.3, 0.4) is 0 Å². The van der Waals surface area contributed by atoms with Gasteiger partial charge in [0.05, 0.1) is 11.2 Å². The van der Waals surface area contributed by atoms with Gasteiger partial charge >= 0.3 is 0 Å². The second kappa shape index (κ2) is 6.40. The van der Waals surface area contributed by atoms with E-state index < -0.39 is 14.9 Å². The molecule has 2 rings (SSSR count). The van der Waals surface area contributed by atoms with E-state index in [0.717, 1.165) is 11.8 Å². The predicted octanol–water partition coefficient (Wildman–Crippen LogP) is 2.53. The van der Waals surface area contributed by atoms with Gasteiger partial charge < -0.3 is 0 Å². The molecule has 0 atom stereocenters. The number of nitro groups is 1. The Morgan fingerprint density at radius 3 is 2.32 bits per heavy atom. The van der Waals surface area contributed by atoms with Crippen LogP contribution in [0, 0.1) is 10.1 Å². The third-order valence-electron chi connectivity index (χ3n) is 2.87. The molecule has 114 valence electrons. The Kier molecular flexibility index (Phi) is 4.57. The van der Waals surface area contributed by atoms with Crippen molar-refractivity contribution in [3.63, 3.8) is 0 Å². The van der Waals surface area contributed by atoms with E-state index in [2.05, 4.69) is 4.72 Å². The minimum absolute atomic E-state index is 0.0568. The first-order valence-corrected chi connectivity index (χ1v) is 8.24. The van der Waals surface area contributed by atoms with Gasteiger partial charge in [-0.3, -0.25) is 14.8 Å². The molecule has 0 saturated heterocycles. The molecule has 0 aliphatic rings. The highest BCUT2D eigenvalue weighted by molar-refractivity contribution is 7.88. The largest absolute Gasteiger partial charge is 0.290 e. The molecule has 0 spiro atoms. The Bertz CT molecular complexity index is 814. The van der Waals surface area contributed by atoms with Gasteiger partial charge in [0.2, 0.25) is 10.0 Å². The molecular weight excluding hydrogens is 304 g/mol. The van der Waals surface area contributed by atoms with Crippen LogP contribution in [-0.4, -0.2) is 19.6 Å². The summed E-state index contributed by atoms with van der Waals surface area (Å²) in [5.41, 5.74) is 1.80. The highest BCUT2D eigenvalue weighted by Gasteiger charge is 2.11. The number of sulfonamides is 1. The average Bonchev–Trinajstić information content (AvgIpc) is 2.48. The molecule has 1 N–H and O–H groups in total. The first-order valence-electron chi connectivity index (χ1n) is 6.34. The Hall–Kier alpha value is -2.67. The van der Waals surface area contributed by atoms with Gasteiger partial charge in [-0.1, -0.05) is 42.5 Å². The van der Waals surface area contributed by atoms with Gasteiger partial charge in [-0.25, -0.2) is 8.42 Å². The third kappa shape index (κ3) is 4.16. The average molecular weight is 318 g/mol. The van der Waals surface area contributed by atoms with Crippen LogP contribution in [0.1, 0.15) is 11.1 Å². The fourth-order valence-corrected chi connectivity index (χ4v) is 2.24. The minimum atomic E-state index is -3.42. The van der Waals surface area contributed by atoms with Crippen LogP contribution < -0.4 is 4.72 Å². The molecule has 6 nitrogen and oxygen atoms in total. The second-order valence-corrected chi connectivity index (χ2v) is 6.40. The van der Waals surface area contributed by atoms with Crippen molar-refractivity contribution in [1.82, 2.24) is 4.72 Å². The molecule has 22 heavy (non-hydrogen) atoms. The Morgan fingerprint density at radius 2 is 1.73 bits per heavy atom. The van der Waals surface area contributed by atoms with Gasteiger partial charge in [0.25, 0.3) is 5.69 Å². The molecule has 0 aromatic heterocycles. The Balaban J connectivity index is 2.54. The topological polar surface area (TPSA) is 89.3 Å². The van der Waals surface area contributed by atoms with Gasteiger partial charge in [0.15, 0.2) is 0 Å². The molecule has 2 aromatic carbocycles. The molecule has 0 aliphatic heterocycles. The predicted molar refractivity (Wildman–Crippen MR) is 84.6 cm³/mol. The number of hydrogen-bond donors (Lipinski definition) is 1. The van der Waals surface area contributed by atoms with E-state index >= 15 is 0 Å². The summed E-state index contributed by atoms with van der Waals surface area (Å²) < 4.78 is 24.9. The monoisotopic (exact) mass is 318 g/mol. The maximum Gasteiger partial charge on any atom is 0.270 e. The number of nitrogens with one attached hydrogen (secondary N) is 1. The minimum Gasteiger partial charge on any atom is -0.290 e. The van der Waals surface area contributed by atoms with Crippen LogP contribution in [0.4, 0.5) is 5.69 Å². The van der Waals surface area contributed by atoms with Crippen LogP contribution in [0.25, 0.3) is 5.57 Å². The van der Waals surface area contributed by atoms with Crippen LogP contribution in [0.2, 0.25) is 0 Å². The molecule has 0 unspecified atom stereocenters. The molecule has 0 fully saturated rings. The molecule has 0 radical (unpaired) electrons. The lowest BCUT2D eigenvalue weighted by molar-refractivity contribution is -0.384. The number of nitrogens with zero attached hydrogens (tertiary/aromatic N) is 1. The lowest BCUT2D eigenvalue weighted by Gasteiger charge is -2.09. The lowest BCUT2D eigenvalue weighted by Crippen LogP contribution is -2.16. The maximum atomic E-state index is 11.3. The molecule has 0 aliphatic carbocycles. The van der Waals surface area contributed by atoms with Crippen molar-refractivity contribution in [2.45, 2.75) is 0 Å². The maximum absolute atomic E-state index is 11.3. The van der Waals surface area contributed by atoms with Crippen molar-refractivity contribution in [1.29, 1.82) is 0 Å². The van der Waals surface area contributed by atoms with E-state index in [1.165, 1.54) is 18.3 Å². The van der Waals surface area contributed by atoms with Crippen molar-refractivity contribution >= 4 is 21.3 Å². The number of hydrogen-bond acceptors (Lipinski definition) is 4. The Morgan fingerprint density at radius 1 is 1.09 bits per heavy atom. The van der Waals surface area contributed by atoms with Crippen LogP contribution in [-0.2, 0) is 10.0 Å². The number of benzene rings is 2. The summed E-state index contributed by atoms with van der Waals surface area (Å²) in [5, 5.41) is 10.9. The van der Waals surface area contributed by atoms with Gasteiger partial charge in [-0.15, -0.1) is 0 Å². The fraction of sp³-hybridized carbons (Fsp3) is 0.0667. The number of nitro benzene ring substituents is 1. The van der Waals surface area contributed by atoms with Crippen molar-refractivity contribution in [3.05, 3.63) is 82.0 Å². The smallest absolute Gasteiger partial charge is 0.270 e. The molecule has 0 saturated carbocycles. The summed E-state index contributed by atoms with van der Waals surface area (Å²) in [5.74, 6) is 0. The lowest BCUT2D eigenvalue weighted by atomic mass is 9.98. The van der Waals surface area contributed by atoms with E-state index in [9.17, 15) is 18.5 Å². The first kappa shape index (κ1) is 15.7. The molecular formula is C15H14N2O4S. The van der Waals surface area contributed by atoms with Crippen molar-refractivity contribution in [2.24, 2.45) is 0 Å². The van der Waals surface area contributed by atoms with E-state index in [0.29, 0.717) is 11.1 Å². The summed E-state index contributed by atoms with van der Waals surface area (Å²) in [4.78, 5) is 10.4. The number of rotatable bonds is 5. The summed E-state index contributed by atoms with van der Waals surface area (Å²) >= 11 is 0. The highest BCUT2D eigenvalue weighted by Crippen LogP contribution is 2.25. The molecule has 7 heteroatoms. The van der Waals surface area contributed by atoms with Crippen molar-refractivity contribution in [2.75, 3.05) is 6.26 Å². The van der Waals surface area contributed by atoms with Gasteiger partial charge in [-0.2, -0.15) is 0 Å². The summed E-state index contributed by atoms with van der Waals surface area (Å²) in [6, 6.07) is 15.1. The van der Waals surface area contributed by atoms with E-state index in [4.69, 9.17) is 0 Å². The van der Waals surface area contributed by atoms with Gasteiger partial charge in [0.1, 0.15) is 0 Å². The third-order valence-corrected chi connectivity index (χ3v) is 3.42. The normalized spacial score (nSPS) is 12.0. The van der Waals surface area contributed by atoms with Gasteiger partial charge in [-0.05, 0) is 11.1 Å². The van der Waals surface area contributed by atoms with E-state index in [-0.39, 0.29) is 5.69 Å². The quantitative estimate of drug-likeness (QED) is 0.677. The van der Waals surface area contributed by atoms with E-state index in [1.54, 1.807) is 36.4 Å². The summed E-state index contributed by atoms with van der Waals surface area (Å²) in [7, 11) is -3.42. The van der Waals surface area contributed by atoms with Crippen molar-refractivity contribution < 1.29 is 13.3 Å². The van der Waals surface area contributed by atoms with E-state index in [1.807, 2.05) is 6.07 Å². The zero-order chi connectivity index (χ0) is 16.2. The second-order valence-electron chi connectivity index (χ2n) is 4.62. The van der Waals surface area contributed by atoms with Crippen LogP contribution in [0.15, 0.2) is 60.8 Å². The fourth-order valence-electron chi connectivity index (χ4n) is 1.90. The SMILES string of the molecule is CS(=O)(=O)N/C=C(/c1ccccc1)c1cccc([N+](=O)[O-])c1. The van der Waals surface area contributed by atoms with Crippen LogP contribution >= 0.6 is 0 Å². The van der Waals surface area contributed by atoms with Crippen molar-refractivity contribution in [3.8, 4) is 0 Å². The zero-order valence-corrected chi connectivity index (χ0v) is 12.6. The highest BCUT2D eigenvalue weighted by atomic mass is 32.2. The molecule has 2 aromatic rings. The number of non-ortho nitro benzene ring substituents is 1. The summed E-state index contributed by atoms with van der Waals surface area (Å²) in [6.45, 7) is 0. The molecule has 0 heterocycles. The standard InChI is InChI=1S/C15H14N2O4S/c1-22(20,21)16-11-15(12-6-3-2-4-7-12)13-8-5-9-14(10-13)17(18)19/h2-11,16H,1H3/b15-11-.